The number of nitrogens with one attached hydrogen (secondary N) is 2. The van der Waals surface area contributed by atoms with Gasteiger partial charge in [-0.25, -0.2) is 4.98 Å². The summed E-state index contributed by atoms with van der Waals surface area (Å²) in [4.78, 5) is 26.9. The van der Waals surface area contributed by atoms with Crippen LogP contribution in [0.5, 0.6) is 5.88 Å². The smallest absolute Gasteiger partial charge is 0.225 e. The molecule has 1 saturated heterocycles. The fraction of sp³-hybridized carbons (Fsp3) is 0.417. The first kappa shape index (κ1) is 12.3. The van der Waals surface area contributed by atoms with Gasteiger partial charge in [-0.3, -0.25) is 9.59 Å². The van der Waals surface area contributed by atoms with Crippen LogP contribution in [0.4, 0.5) is 0 Å². The minimum Gasteiger partial charge on any atom is -0.481 e. The van der Waals surface area contributed by atoms with Crippen molar-refractivity contribution in [3.63, 3.8) is 0 Å². The third-order valence-electron chi connectivity index (χ3n) is 2.84. The maximum Gasteiger partial charge on any atom is 0.225 e. The quantitative estimate of drug-likeness (QED) is 0.777. The van der Waals surface area contributed by atoms with Crippen molar-refractivity contribution in [3.05, 3.63) is 23.9 Å². The molecule has 0 aromatic carbocycles. The lowest BCUT2D eigenvalue weighted by Crippen LogP contribution is -2.31. The van der Waals surface area contributed by atoms with Gasteiger partial charge in [-0.05, 0) is 6.07 Å². The maximum atomic E-state index is 11.8. The van der Waals surface area contributed by atoms with Crippen LogP contribution in [0.2, 0.25) is 0 Å². The van der Waals surface area contributed by atoms with Gasteiger partial charge in [0.25, 0.3) is 0 Å². The molecular weight excluding hydrogens is 234 g/mol. The average molecular weight is 249 g/mol. The van der Waals surface area contributed by atoms with Crippen LogP contribution in [0.25, 0.3) is 0 Å². The van der Waals surface area contributed by atoms with E-state index in [1.807, 2.05) is 6.07 Å². The van der Waals surface area contributed by atoms with E-state index in [0.29, 0.717) is 19.0 Å². The number of methoxy groups -OCH3 is 1. The highest BCUT2D eigenvalue weighted by Gasteiger charge is 2.27. The lowest BCUT2D eigenvalue weighted by molar-refractivity contribution is -0.126. The highest BCUT2D eigenvalue weighted by Crippen LogP contribution is 2.14. The molecule has 0 radical (unpaired) electrons. The largest absolute Gasteiger partial charge is 0.481 e. The molecule has 18 heavy (non-hydrogen) atoms. The van der Waals surface area contributed by atoms with E-state index >= 15 is 0 Å². The van der Waals surface area contributed by atoms with Crippen molar-refractivity contribution in [3.8, 4) is 5.88 Å². The Hall–Kier alpha value is -2.11. The van der Waals surface area contributed by atoms with Gasteiger partial charge in [0.1, 0.15) is 0 Å². The van der Waals surface area contributed by atoms with Crippen LogP contribution in [0.1, 0.15) is 12.0 Å². The van der Waals surface area contributed by atoms with E-state index in [2.05, 4.69) is 15.6 Å². The molecule has 6 heteroatoms. The number of hydrogen-bond donors (Lipinski definition) is 2. The second-order valence-electron chi connectivity index (χ2n) is 4.09. The Bertz CT molecular complexity index is 462. The molecule has 1 unspecified atom stereocenters. The molecule has 96 valence electrons. The summed E-state index contributed by atoms with van der Waals surface area (Å²) in [5.41, 5.74) is 0.811. The fourth-order valence-corrected chi connectivity index (χ4v) is 1.86. The number of hydrogen-bond acceptors (Lipinski definition) is 4. The summed E-state index contributed by atoms with van der Waals surface area (Å²) >= 11 is 0. The molecule has 1 aliphatic rings. The van der Waals surface area contributed by atoms with Crippen LogP contribution in [-0.2, 0) is 16.1 Å². The van der Waals surface area contributed by atoms with Gasteiger partial charge < -0.3 is 15.4 Å². The van der Waals surface area contributed by atoms with Crippen LogP contribution in [0.3, 0.4) is 0 Å². The third kappa shape index (κ3) is 2.77. The Morgan fingerprint density at radius 1 is 1.67 bits per heavy atom. The molecule has 0 aliphatic carbocycles. The minimum atomic E-state index is -0.278. The molecule has 1 fully saturated rings. The Balaban J connectivity index is 1.91. The minimum absolute atomic E-state index is 0.0749. The van der Waals surface area contributed by atoms with E-state index in [1.165, 1.54) is 7.11 Å². The highest BCUT2D eigenvalue weighted by atomic mass is 16.5. The lowest BCUT2D eigenvalue weighted by Gasteiger charge is -2.10. The summed E-state index contributed by atoms with van der Waals surface area (Å²) in [6.07, 6.45) is 1.89. The van der Waals surface area contributed by atoms with Gasteiger partial charge in [0.05, 0.1) is 13.0 Å². The number of pyridine rings is 1. The maximum absolute atomic E-state index is 11.8. The molecule has 2 heterocycles. The monoisotopic (exact) mass is 249 g/mol. The summed E-state index contributed by atoms with van der Waals surface area (Å²) in [6, 6.07) is 3.62. The number of ether oxygens (including phenoxy) is 1. The first-order chi connectivity index (χ1) is 8.70. The molecule has 0 bridgehead atoms. The predicted octanol–water partition coefficient (Wildman–Crippen LogP) is -0.158. The summed E-state index contributed by atoms with van der Waals surface area (Å²) in [5, 5.41) is 5.42. The number of aromatic nitrogens is 1. The van der Waals surface area contributed by atoms with E-state index in [1.54, 1.807) is 12.3 Å². The van der Waals surface area contributed by atoms with Gasteiger partial charge in [0.15, 0.2) is 0 Å². The zero-order chi connectivity index (χ0) is 13.0. The Kier molecular flexibility index (Phi) is 3.76. The summed E-state index contributed by atoms with van der Waals surface area (Å²) in [6.45, 7) is 0.759. The first-order valence-electron chi connectivity index (χ1n) is 5.73. The molecule has 0 saturated carbocycles. The van der Waals surface area contributed by atoms with Crippen LogP contribution >= 0.6 is 0 Å². The van der Waals surface area contributed by atoms with Crippen molar-refractivity contribution >= 4 is 11.8 Å². The average Bonchev–Trinajstić information content (AvgIpc) is 2.83. The van der Waals surface area contributed by atoms with Gasteiger partial charge in [-0.1, -0.05) is 6.07 Å². The van der Waals surface area contributed by atoms with Gasteiger partial charge in [0, 0.05) is 31.3 Å². The van der Waals surface area contributed by atoms with E-state index in [-0.39, 0.29) is 24.2 Å². The van der Waals surface area contributed by atoms with Gasteiger partial charge in [0.2, 0.25) is 17.7 Å². The SMILES string of the molecule is COc1ncccc1CNC(=O)C1CNC(=O)C1. The standard InChI is InChI=1S/C12H15N3O3/c1-18-12-8(3-2-4-13-12)6-15-11(17)9-5-10(16)14-7-9/h2-4,9H,5-7H2,1H3,(H,14,16)(H,15,17). The number of carbonyl (C=O) groups is 2. The molecule has 1 aliphatic heterocycles. The van der Waals surface area contributed by atoms with Crippen molar-refractivity contribution in [1.29, 1.82) is 0 Å². The predicted molar refractivity (Wildman–Crippen MR) is 63.8 cm³/mol. The molecular formula is C12H15N3O3. The third-order valence-corrected chi connectivity index (χ3v) is 2.84. The molecule has 2 amide bonds. The zero-order valence-electron chi connectivity index (χ0n) is 10.1. The van der Waals surface area contributed by atoms with E-state index in [0.717, 1.165) is 5.56 Å². The molecule has 1 aromatic heterocycles. The normalized spacial score (nSPS) is 18.3. The van der Waals surface area contributed by atoms with Crippen LogP contribution in [0.15, 0.2) is 18.3 Å². The second kappa shape index (κ2) is 5.48. The van der Waals surface area contributed by atoms with Crippen LogP contribution < -0.4 is 15.4 Å². The number of nitrogens with zero attached hydrogens (tertiary/aromatic N) is 1. The van der Waals surface area contributed by atoms with Crippen LogP contribution in [0, 0.1) is 5.92 Å². The molecule has 1 atom stereocenters. The Morgan fingerprint density at radius 2 is 2.50 bits per heavy atom. The van der Waals surface area contributed by atoms with Crippen LogP contribution in [-0.4, -0.2) is 30.5 Å². The zero-order valence-corrected chi connectivity index (χ0v) is 10.1. The first-order valence-corrected chi connectivity index (χ1v) is 5.73. The fourth-order valence-electron chi connectivity index (χ4n) is 1.86. The molecule has 2 N–H and O–H groups in total. The van der Waals surface area contributed by atoms with E-state index in [9.17, 15) is 9.59 Å². The molecule has 0 spiro atoms. The number of amides is 2. The number of carbonyl (C=O) groups excluding carboxylic acids is 2. The molecule has 2 rings (SSSR count). The van der Waals surface area contributed by atoms with E-state index in [4.69, 9.17) is 4.74 Å². The number of rotatable bonds is 4. The van der Waals surface area contributed by atoms with E-state index < -0.39 is 0 Å². The van der Waals surface area contributed by atoms with Gasteiger partial charge in [-0.15, -0.1) is 0 Å². The Morgan fingerprint density at radius 3 is 3.17 bits per heavy atom. The Labute approximate surface area is 105 Å². The van der Waals surface area contributed by atoms with Crippen molar-refractivity contribution in [2.75, 3.05) is 13.7 Å². The molecule has 6 nitrogen and oxygen atoms in total. The molecule has 1 aromatic rings. The van der Waals surface area contributed by atoms with Crippen molar-refractivity contribution in [2.24, 2.45) is 5.92 Å². The van der Waals surface area contributed by atoms with Gasteiger partial charge >= 0.3 is 0 Å². The lowest BCUT2D eigenvalue weighted by atomic mass is 10.1. The summed E-state index contributed by atoms with van der Waals surface area (Å²) in [7, 11) is 1.53. The van der Waals surface area contributed by atoms with Crippen molar-refractivity contribution in [1.82, 2.24) is 15.6 Å². The second-order valence-corrected chi connectivity index (χ2v) is 4.09. The van der Waals surface area contributed by atoms with Gasteiger partial charge in [-0.2, -0.15) is 0 Å². The van der Waals surface area contributed by atoms with Crippen molar-refractivity contribution in [2.45, 2.75) is 13.0 Å². The topological polar surface area (TPSA) is 80.3 Å². The highest BCUT2D eigenvalue weighted by molar-refractivity contribution is 5.89. The summed E-state index contributed by atoms with van der Waals surface area (Å²) < 4.78 is 5.09. The summed E-state index contributed by atoms with van der Waals surface area (Å²) in [5.74, 6) is 0.0203. The van der Waals surface area contributed by atoms with Crippen molar-refractivity contribution < 1.29 is 14.3 Å².